The molecule has 0 radical (unpaired) electrons. The molecule has 0 aliphatic carbocycles. The van der Waals surface area contributed by atoms with Crippen LogP contribution in [-0.4, -0.2) is 24.9 Å². The fourth-order valence-corrected chi connectivity index (χ4v) is 1.17. The summed E-state index contributed by atoms with van der Waals surface area (Å²) in [4.78, 5) is 0. The molecule has 0 aliphatic heterocycles. The number of unbranched alkanes of at least 4 members (excludes halogenated alkanes) is 1. The average molecular weight is 219 g/mol. The first-order valence-electron chi connectivity index (χ1n) is 5.39. The van der Waals surface area contributed by atoms with Gasteiger partial charge in [-0.3, -0.25) is 0 Å². The van der Waals surface area contributed by atoms with E-state index in [9.17, 15) is 0 Å². The highest BCUT2D eigenvalue weighted by Crippen LogP contribution is 2.12. The van der Waals surface area contributed by atoms with Gasteiger partial charge in [-0.2, -0.15) is 0 Å². The Morgan fingerprint density at radius 3 is 3.00 bits per heavy atom. The second-order valence-electron chi connectivity index (χ2n) is 3.29. The van der Waals surface area contributed by atoms with E-state index in [2.05, 4.69) is 11.8 Å². The minimum atomic E-state index is 0.189. The first kappa shape index (κ1) is 12.6. The normalized spacial score (nSPS) is 9.38. The van der Waals surface area contributed by atoms with Gasteiger partial charge in [-0.15, -0.1) is 0 Å². The standard InChI is InChI=1S/C13H17NO2/c14-8-10-16-13-7-4-6-12(11-13)5-2-1-3-9-15/h4,6-7,11,15H,1,3,8-10,14H2. The summed E-state index contributed by atoms with van der Waals surface area (Å²) in [5, 5.41) is 8.61. The lowest BCUT2D eigenvalue weighted by molar-refractivity contribution is 0.290. The molecule has 3 N–H and O–H groups in total. The van der Waals surface area contributed by atoms with E-state index in [1.165, 1.54) is 0 Å². The number of aliphatic hydroxyl groups excluding tert-OH is 1. The Morgan fingerprint density at radius 1 is 1.38 bits per heavy atom. The van der Waals surface area contributed by atoms with Crippen LogP contribution in [0.1, 0.15) is 18.4 Å². The van der Waals surface area contributed by atoms with E-state index >= 15 is 0 Å². The number of hydrogen-bond donors (Lipinski definition) is 2. The van der Waals surface area contributed by atoms with Crippen LogP contribution < -0.4 is 10.5 Å². The Morgan fingerprint density at radius 2 is 2.25 bits per heavy atom. The van der Waals surface area contributed by atoms with Crippen LogP contribution in [0.3, 0.4) is 0 Å². The van der Waals surface area contributed by atoms with Crippen LogP contribution in [0.15, 0.2) is 24.3 Å². The van der Waals surface area contributed by atoms with Gasteiger partial charge in [0.1, 0.15) is 12.4 Å². The topological polar surface area (TPSA) is 55.5 Å². The zero-order valence-electron chi connectivity index (χ0n) is 9.28. The van der Waals surface area contributed by atoms with Gasteiger partial charge in [-0.05, 0) is 24.6 Å². The van der Waals surface area contributed by atoms with Crippen LogP contribution in [0.4, 0.5) is 0 Å². The van der Waals surface area contributed by atoms with Crippen LogP contribution in [-0.2, 0) is 0 Å². The van der Waals surface area contributed by atoms with Crippen molar-refractivity contribution in [1.82, 2.24) is 0 Å². The summed E-state index contributed by atoms with van der Waals surface area (Å²) in [6.45, 7) is 1.21. The molecule has 16 heavy (non-hydrogen) atoms. The van der Waals surface area contributed by atoms with E-state index < -0.39 is 0 Å². The van der Waals surface area contributed by atoms with Crippen LogP contribution in [0.25, 0.3) is 0 Å². The largest absolute Gasteiger partial charge is 0.492 e. The Kier molecular flexibility index (Phi) is 6.09. The second kappa shape index (κ2) is 7.75. The summed E-state index contributed by atoms with van der Waals surface area (Å²) < 4.78 is 5.39. The zero-order valence-corrected chi connectivity index (χ0v) is 9.28. The van der Waals surface area contributed by atoms with Crippen molar-refractivity contribution < 1.29 is 9.84 Å². The number of rotatable bonds is 5. The number of ether oxygens (including phenoxy) is 1. The van der Waals surface area contributed by atoms with E-state index in [1.54, 1.807) is 0 Å². The molecule has 0 aliphatic rings. The maximum absolute atomic E-state index is 8.61. The predicted octanol–water partition coefficient (Wildman–Crippen LogP) is 1.15. The molecule has 3 heteroatoms. The molecule has 86 valence electrons. The van der Waals surface area contributed by atoms with Crippen molar-refractivity contribution in [2.24, 2.45) is 5.73 Å². The van der Waals surface area contributed by atoms with Crippen molar-refractivity contribution in [1.29, 1.82) is 0 Å². The van der Waals surface area contributed by atoms with E-state index in [4.69, 9.17) is 15.6 Å². The summed E-state index contributed by atoms with van der Waals surface area (Å²) in [5.41, 5.74) is 6.27. The molecular formula is C13H17NO2. The SMILES string of the molecule is NCCOc1cccc(C#CCCCO)c1. The highest BCUT2D eigenvalue weighted by Gasteiger charge is 1.93. The smallest absolute Gasteiger partial charge is 0.120 e. The summed E-state index contributed by atoms with van der Waals surface area (Å²) in [6.07, 6.45) is 1.43. The van der Waals surface area contributed by atoms with Crippen molar-refractivity contribution >= 4 is 0 Å². The van der Waals surface area contributed by atoms with Gasteiger partial charge in [0.15, 0.2) is 0 Å². The van der Waals surface area contributed by atoms with Gasteiger partial charge in [0.05, 0.1) is 0 Å². The van der Waals surface area contributed by atoms with Crippen LogP contribution >= 0.6 is 0 Å². The van der Waals surface area contributed by atoms with Gasteiger partial charge in [-0.25, -0.2) is 0 Å². The summed E-state index contributed by atoms with van der Waals surface area (Å²) in [6, 6.07) is 7.61. The molecule has 0 amide bonds. The molecule has 0 bridgehead atoms. The van der Waals surface area contributed by atoms with Gasteiger partial charge >= 0.3 is 0 Å². The molecule has 3 nitrogen and oxygen atoms in total. The number of nitrogens with two attached hydrogens (primary N) is 1. The summed E-state index contributed by atoms with van der Waals surface area (Å²) >= 11 is 0. The third-order valence-electron chi connectivity index (χ3n) is 1.91. The first-order chi connectivity index (χ1) is 7.86. The Balaban J connectivity index is 2.55. The molecule has 0 saturated heterocycles. The van der Waals surface area contributed by atoms with E-state index in [0.29, 0.717) is 19.6 Å². The van der Waals surface area contributed by atoms with Gasteiger partial charge in [0.25, 0.3) is 0 Å². The highest BCUT2D eigenvalue weighted by molar-refractivity contribution is 5.39. The van der Waals surface area contributed by atoms with E-state index in [1.807, 2.05) is 24.3 Å². The molecule has 1 aromatic carbocycles. The third-order valence-corrected chi connectivity index (χ3v) is 1.91. The quantitative estimate of drug-likeness (QED) is 0.577. The molecule has 1 aromatic rings. The average Bonchev–Trinajstić information content (AvgIpc) is 2.33. The van der Waals surface area contributed by atoms with Crippen molar-refractivity contribution in [2.75, 3.05) is 19.8 Å². The van der Waals surface area contributed by atoms with Gasteiger partial charge in [-0.1, -0.05) is 17.9 Å². The van der Waals surface area contributed by atoms with Gasteiger partial charge in [0, 0.05) is 25.1 Å². The third kappa shape index (κ3) is 4.83. The molecular weight excluding hydrogens is 202 g/mol. The van der Waals surface area contributed by atoms with Crippen molar-refractivity contribution in [3.8, 4) is 17.6 Å². The van der Waals surface area contributed by atoms with E-state index in [0.717, 1.165) is 17.7 Å². The number of hydrogen-bond acceptors (Lipinski definition) is 3. The van der Waals surface area contributed by atoms with Crippen LogP contribution in [0.5, 0.6) is 5.75 Å². The fraction of sp³-hybridized carbons (Fsp3) is 0.385. The monoisotopic (exact) mass is 219 g/mol. The minimum Gasteiger partial charge on any atom is -0.492 e. The molecule has 1 rings (SSSR count). The second-order valence-corrected chi connectivity index (χ2v) is 3.29. The molecule has 0 atom stereocenters. The van der Waals surface area contributed by atoms with Crippen molar-refractivity contribution in [2.45, 2.75) is 12.8 Å². The number of aliphatic hydroxyl groups is 1. The molecule has 0 spiro atoms. The Bertz CT molecular complexity index is 366. The Labute approximate surface area is 96.2 Å². The predicted molar refractivity (Wildman–Crippen MR) is 64.2 cm³/mol. The highest BCUT2D eigenvalue weighted by atomic mass is 16.5. The molecule has 0 fully saturated rings. The molecule has 0 aromatic heterocycles. The Hall–Kier alpha value is -1.50. The maximum atomic E-state index is 8.61. The molecule has 0 unspecified atom stereocenters. The maximum Gasteiger partial charge on any atom is 0.120 e. The molecule has 0 saturated carbocycles. The summed E-state index contributed by atoms with van der Waals surface area (Å²) in [7, 11) is 0. The lowest BCUT2D eigenvalue weighted by Crippen LogP contribution is -2.10. The number of benzene rings is 1. The fourth-order valence-electron chi connectivity index (χ4n) is 1.17. The lowest BCUT2D eigenvalue weighted by Gasteiger charge is -2.03. The lowest BCUT2D eigenvalue weighted by atomic mass is 10.2. The van der Waals surface area contributed by atoms with Gasteiger partial charge < -0.3 is 15.6 Å². The minimum absolute atomic E-state index is 0.189. The zero-order chi connectivity index (χ0) is 11.6. The van der Waals surface area contributed by atoms with Crippen LogP contribution in [0.2, 0.25) is 0 Å². The first-order valence-corrected chi connectivity index (χ1v) is 5.39. The summed E-state index contributed by atoms with van der Waals surface area (Å²) in [5.74, 6) is 6.81. The van der Waals surface area contributed by atoms with Crippen molar-refractivity contribution in [3.63, 3.8) is 0 Å². The van der Waals surface area contributed by atoms with Crippen LogP contribution in [0, 0.1) is 11.8 Å². The van der Waals surface area contributed by atoms with E-state index in [-0.39, 0.29) is 6.61 Å². The van der Waals surface area contributed by atoms with Crippen molar-refractivity contribution in [3.05, 3.63) is 29.8 Å². The van der Waals surface area contributed by atoms with Gasteiger partial charge in [0.2, 0.25) is 0 Å². The molecule has 0 heterocycles.